The maximum Gasteiger partial charge on any atom is 0.224 e. The van der Waals surface area contributed by atoms with Gasteiger partial charge in [-0.05, 0) is 43.4 Å². The summed E-state index contributed by atoms with van der Waals surface area (Å²) in [5, 5.41) is 2.87. The summed E-state index contributed by atoms with van der Waals surface area (Å²) in [7, 11) is 0. The minimum absolute atomic E-state index is 0.0591. The van der Waals surface area contributed by atoms with Crippen LogP contribution in [0, 0.1) is 11.8 Å². The Hall–Kier alpha value is -1.42. The lowest BCUT2D eigenvalue weighted by Crippen LogP contribution is -2.18. The van der Waals surface area contributed by atoms with Gasteiger partial charge in [-0.2, -0.15) is 0 Å². The molecule has 0 saturated heterocycles. The fraction of sp³-hybridized carbons (Fsp3) is 0.571. The van der Waals surface area contributed by atoms with E-state index in [4.69, 9.17) is 5.73 Å². The molecule has 0 aromatic carbocycles. The van der Waals surface area contributed by atoms with Crippen molar-refractivity contribution in [3.05, 3.63) is 24.5 Å². The summed E-state index contributed by atoms with van der Waals surface area (Å²) in [6.07, 6.45) is 5.76. The highest BCUT2D eigenvalue weighted by molar-refractivity contribution is 5.90. The van der Waals surface area contributed by atoms with E-state index < -0.39 is 0 Å². The number of carbonyl (C=O) groups excluding carboxylic acids is 1. The minimum atomic E-state index is 0.0591. The van der Waals surface area contributed by atoms with Crippen molar-refractivity contribution in [3.63, 3.8) is 0 Å². The Morgan fingerprint density at radius 2 is 2.00 bits per heavy atom. The van der Waals surface area contributed by atoms with Crippen molar-refractivity contribution in [3.8, 4) is 0 Å². The molecule has 3 N–H and O–H groups in total. The molecule has 0 aliphatic carbocycles. The number of amides is 1. The third-order valence-corrected chi connectivity index (χ3v) is 3.19. The SMILES string of the molecule is CC(C)C(CCN)CCC(=O)Nc1ccncc1. The summed E-state index contributed by atoms with van der Waals surface area (Å²) < 4.78 is 0. The van der Waals surface area contributed by atoms with E-state index in [1.165, 1.54) is 0 Å². The number of hydrogen-bond donors (Lipinski definition) is 2. The smallest absolute Gasteiger partial charge is 0.224 e. The molecule has 4 heteroatoms. The van der Waals surface area contributed by atoms with Gasteiger partial charge in [-0.25, -0.2) is 0 Å². The molecule has 1 atom stereocenters. The summed E-state index contributed by atoms with van der Waals surface area (Å²) in [5.41, 5.74) is 6.39. The van der Waals surface area contributed by atoms with Gasteiger partial charge in [0.25, 0.3) is 0 Å². The molecule has 1 rings (SSSR count). The molecule has 0 aliphatic heterocycles. The predicted octanol–water partition coefficient (Wildman–Crippen LogP) is 2.42. The zero-order valence-corrected chi connectivity index (χ0v) is 11.2. The molecule has 18 heavy (non-hydrogen) atoms. The minimum Gasteiger partial charge on any atom is -0.330 e. The van der Waals surface area contributed by atoms with E-state index in [9.17, 15) is 4.79 Å². The number of aromatic nitrogens is 1. The summed E-state index contributed by atoms with van der Waals surface area (Å²) in [6, 6.07) is 3.58. The molecule has 1 amide bonds. The Morgan fingerprint density at radius 3 is 2.56 bits per heavy atom. The van der Waals surface area contributed by atoms with Gasteiger partial charge in [0.2, 0.25) is 5.91 Å². The molecule has 1 heterocycles. The van der Waals surface area contributed by atoms with Crippen LogP contribution in [0.4, 0.5) is 5.69 Å². The maximum atomic E-state index is 11.8. The molecule has 1 aromatic rings. The zero-order valence-electron chi connectivity index (χ0n) is 11.2. The van der Waals surface area contributed by atoms with Crippen molar-refractivity contribution in [2.24, 2.45) is 17.6 Å². The van der Waals surface area contributed by atoms with E-state index in [0.29, 0.717) is 24.8 Å². The van der Waals surface area contributed by atoms with Crippen molar-refractivity contribution in [2.75, 3.05) is 11.9 Å². The van der Waals surface area contributed by atoms with E-state index in [1.807, 2.05) is 0 Å². The first-order chi connectivity index (χ1) is 8.63. The first kappa shape index (κ1) is 14.6. The van der Waals surface area contributed by atoms with Crippen LogP contribution in [0.15, 0.2) is 24.5 Å². The van der Waals surface area contributed by atoms with E-state index >= 15 is 0 Å². The number of nitrogens with one attached hydrogen (secondary N) is 1. The Bertz CT molecular complexity index is 351. The maximum absolute atomic E-state index is 11.8. The predicted molar refractivity (Wildman–Crippen MR) is 74.1 cm³/mol. The van der Waals surface area contributed by atoms with Crippen LogP contribution in [0.5, 0.6) is 0 Å². The van der Waals surface area contributed by atoms with Crippen molar-refractivity contribution in [2.45, 2.75) is 33.1 Å². The molecule has 4 nitrogen and oxygen atoms in total. The molecule has 0 bridgehead atoms. The monoisotopic (exact) mass is 249 g/mol. The van der Waals surface area contributed by atoms with Crippen LogP contribution >= 0.6 is 0 Å². The number of hydrogen-bond acceptors (Lipinski definition) is 3. The van der Waals surface area contributed by atoms with Gasteiger partial charge in [-0.15, -0.1) is 0 Å². The number of nitrogens with zero attached hydrogens (tertiary/aromatic N) is 1. The molecular weight excluding hydrogens is 226 g/mol. The molecule has 0 spiro atoms. The van der Waals surface area contributed by atoms with Crippen molar-refractivity contribution in [1.82, 2.24) is 4.98 Å². The van der Waals surface area contributed by atoms with Crippen LogP contribution in [0.2, 0.25) is 0 Å². The fourth-order valence-electron chi connectivity index (χ4n) is 2.00. The van der Waals surface area contributed by atoms with Gasteiger partial charge in [-0.3, -0.25) is 9.78 Å². The lowest BCUT2D eigenvalue weighted by atomic mass is 9.88. The average molecular weight is 249 g/mol. The van der Waals surface area contributed by atoms with Gasteiger partial charge < -0.3 is 11.1 Å². The number of rotatable bonds is 7. The van der Waals surface area contributed by atoms with Crippen LogP contribution in [-0.4, -0.2) is 17.4 Å². The van der Waals surface area contributed by atoms with Crippen LogP contribution in [-0.2, 0) is 4.79 Å². The molecule has 1 aromatic heterocycles. The summed E-state index contributed by atoms with van der Waals surface area (Å²) in [5.74, 6) is 1.16. The highest BCUT2D eigenvalue weighted by atomic mass is 16.1. The topological polar surface area (TPSA) is 68.0 Å². The summed E-state index contributed by atoms with van der Waals surface area (Å²) >= 11 is 0. The van der Waals surface area contributed by atoms with E-state index in [0.717, 1.165) is 18.5 Å². The molecule has 0 fully saturated rings. The van der Waals surface area contributed by atoms with Crippen LogP contribution in [0.1, 0.15) is 33.1 Å². The number of nitrogens with two attached hydrogens (primary N) is 1. The van der Waals surface area contributed by atoms with Crippen LogP contribution in [0.3, 0.4) is 0 Å². The molecule has 0 saturated carbocycles. The third kappa shape index (κ3) is 5.27. The second-order valence-electron chi connectivity index (χ2n) is 4.90. The molecule has 1 unspecified atom stereocenters. The highest BCUT2D eigenvalue weighted by Gasteiger charge is 2.14. The van der Waals surface area contributed by atoms with E-state index in [2.05, 4.69) is 24.1 Å². The highest BCUT2D eigenvalue weighted by Crippen LogP contribution is 2.20. The Balaban J connectivity index is 2.36. The Labute approximate surface area is 109 Å². The van der Waals surface area contributed by atoms with Gasteiger partial charge in [0.1, 0.15) is 0 Å². The largest absolute Gasteiger partial charge is 0.330 e. The van der Waals surface area contributed by atoms with Gasteiger partial charge in [0.05, 0.1) is 0 Å². The summed E-state index contributed by atoms with van der Waals surface area (Å²) in [6.45, 7) is 5.05. The first-order valence-electron chi connectivity index (χ1n) is 6.53. The summed E-state index contributed by atoms with van der Waals surface area (Å²) in [4.78, 5) is 15.7. The number of carbonyl (C=O) groups is 1. The van der Waals surface area contributed by atoms with Crippen molar-refractivity contribution >= 4 is 11.6 Å². The van der Waals surface area contributed by atoms with Gasteiger partial charge >= 0.3 is 0 Å². The van der Waals surface area contributed by atoms with Gasteiger partial charge in [0, 0.05) is 24.5 Å². The van der Waals surface area contributed by atoms with Crippen molar-refractivity contribution in [1.29, 1.82) is 0 Å². The Morgan fingerprint density at radius 1 is 1.33 bits per heavy atom. The first-order valence-corrected chi connectivity index (χ1v) is 6.53. The quantitative estimate of drug-likeness (QED) is 0.779. The second kappa shape index (κ2) is 7.82. The molecule has 100 valence electrons. The lowest BCUT2D eigenvalue weighted by molar-refractivity contribution is -0.116. The molecule has 0 aliphatic rings. The van der Waals surface area contributed by atoms with Crippen molar-refractivity contribution < 1.29 is 4.79 Å². The zero-order chi connectivity index (χ0) is 13.4. The lowest BCUT2D eigenvalue weighted by Gasteiger charge is -2.19. The normalized spacial score (nSPS) is 12.4. The van der Waals surface area contributed by atoms with Gasteiger partial charge in [-0.1, -0.05) is 13.8 Å². The average Bonchev–Trinajstić information content (AvgIpc) is 2.35. The standard InChI is InChI=1S/C14H23N3O/c1-11(2)12(5-8-15)3-4-14(18)17-13-6-9-16-10-7-13/h6-7,9-12H,3-5,8,15H2,1-2H3,(H,16,17,18). The fourth-order valence-corrected chi connectivity index (χ4v) is 2.00. The number of pyridine rings is 1. The Kier molecular flexibility index (Phi) is 6.36. The number of anilines is 1. The second-order valence-corrected chi connectivity index (χ2v) is 4.90. The van der Waals surface area contributed by atoms with E-state index in [-0.39, 0.29) is 5.91 Å². The van der Waals surface area contributed by atoms with Gasteiger partial charge in [0.15, 0.2) is 0 Å². The third-order valence-electron chi connectivity index (χ3n) is 3.19. The van der Waals surface area contributed by atoms with Crippen LogP contribution < -0.4 is 11.1 Å². The van der Waals surface area contributed by atoms with Crippen LogP contribution in [0.25, 0.3) is 0 Å². The van der Waals surface area contributed by atoms with E-state index in [1.54, 1.807) is 24.5 Å². The molecular formula is C14H23N3O. The molecule has 0 radical (unpaired) electrons.